The molecule has 0 N–H and O–H groups in total. The first-order chi connectivity index (χ1) is 11.3. The summed E-state index contributed by atoms with van der Waals surface area (Å²) in [5.74, 6) is 1.30. The van der Waals surface area contributed by atoms with Crippen LogP contribution in [0.3, 0.4) is 0 Å². The van der Waals surface area contributed by atoms with E-state index < -0.39 is 0 Å². The molecule has 0 radical (unpaired) electrons. The molecule has 1 aliphatic rings. The highest BCUT2D eigenvalue weighted by Crippen LogP contribution is 2.30. The van der Waals surface area contributed by atoms with Crippen molar-refractivity contribution in [2.75, 3.05) is 6.54 Å². The van der Waals surface area contributed by atoms with Gasteiger partial charge in [0.25, 0.3) is 5.89 Å². The Balaban J connectivity index is 1.48. The Morgan fingerprint density at radius 2 is 2.09 bits per heavy atom. The molecule has 2 aromatic heterocycles. The van der Waals surface area contributed by atoms with Crippen molar-refractivity contribution in [2.45, 2.75) is 18.9 Å². The molecule has 23 heavy (non-hydrogen) atoms. The number of benzene rings is 1. The van der Waals surface area contributed by atoms with E-state index in [0.717, 1.165) is 10.4 Å². The van der Waals surface area contributed by atoms with Crippen molar-refractivity contribution >= 4 is 17.2 Å². The van der Waals surface area contributed by atoms with Crippen LogP contribution in [0.1, 0.15) is 23.7 Å². The lowest BCUT2D eigenvalue weighted by Gasteiger charge is -2.15. The van der Waals surface area contributed by atoms with Crippen LogP contribution in [-0.4, -0.2) is 27.5 Å². The summed E-state index contributed by atoms with van der Waals surface area (Å²) in [6.45, 7) is 1.27. The average molecular weight is 325 g/mol. The first-order valence-corrected chi connectivity index (χ1v) is 8.37. The van der Waals surface area contributed by atoms with Gasteiger partial charge in [0.05, 0.1) is 4.88 Å². The summed E-state index contributed by atoms with van der Waals surface area (Å²) in [4.78, 5) is 19.5. The third-order valence-corrected chi connectivity index (χ3v) is 4.83. The summed E-state index contributed by atoms with van der Waals surface area (Å²) in [7, 11) is 0. The van der Waals surface area contributed by atoms with Gasteiger partial charge in [-0.15, -0.1) is 11.3 Å². The Hall–Kier alpha value is -2.47. The van der Waals surface area contributed by atoms with Crippen LogP contribution in [0.5, 0.6) is 0 Å². The van der Waals surface area contributed by atoms with E-state index >= 15 is 0 Å². The summed E-state index contributed by atoms with van der Waals surface area (Å²) in [5, 5.41) is 6.04. The molecule has 0 saturated carbocycles. The number of amides is 1. The molecular weight excluding hydrogens is 310 g/mol. The minimum Gasteiger partial charge on any atom is -0.338 e. The second kappa shape index (κ2) is 5.96. The molecule has 0 bridgehead atoms. The topological polar surface area (TPSA) is 59.2 Å². The van der Waals surface area contributed by atoms with Crippen LogP contribution in [0.4, 0.5) is 0 Å². The van der Waals surface area contributed by atoms with Gasteiger partial charge in [-0.05, 0) is 17.0 Å². The van der Waals surface area contributed by atoms with Crippen LogP contribution in [0, 0.1) is 0 Å². The van der Waals surface area contributed by atoms with Crippen molar-refractivity contribution in [1.82, 2.24) is 15.0 Å². The quantitative estimate of drug-likeness (QED) is 0.738. The third kappa shape index (κ3) is 2.90. The fourth-order valence-electron chi connectivity index (χ4n) is 2.80. The largest absolute Gasteiger partial charge is 0.338 e. The maximum atomic E-state index is 12.2. The number of aromatic nitrogens is 2. The van der Waals surface area contributed by atoms with Gasteiger partial charge in [0.15, 0.2) is 5.82 Å². The van der Waals surface area contributed by atoms with Crippen molar-refractivity contribution in [3.8, 4) is 10.8 Å². The monoisotopic (exact) mass is 325 g/mol. The molecule has 4 rings (SSSR count). The second-order valence-electron chi connectivity index (χ2n) is 5.60. The molecular formula is C17H15N3O2S. The van der Waals surface area contributed by atoms with Crippen molar-refractivity contribution < 1.29 is 9.32 Å². The maximum Gasteiger partial charge on any atom is 0.267 e. The van der Waals surface area contributed by atoms with E-state index in [1.807, 2.05) is 52.7 Å². The van der Waals surface area contributed by atoms with Crippen molar-refractivity contribution in [3.63, 3.8) is 0 Å². The highest BCUT2D eigenvalue weighted by molar-refractivity contribution is 7.13. The van der Waals surface area contributed by atoms with Gasteiger partial charge in [-0.1, -0.05) is 41.6 Å². The number of carbonyl (C=O) groups excluding carboxylic acids is 1. The summed E-state index contributed by atoms with van der Waals surface area (Å²) in [6.07, 6.45) is 0.441. The molecule has 1 aromatic carbocycles. The van der Waals surface area contributed by atoms with E-state index in [-0.39, 0.29) is 11.8 Å². The fourth-order valence-corrected chi connectivity index (χ4v) is 3.45. The molecule has 3 aromatic rings. The number of hydrogen-bond acceptors (Lipinski definition) is 5. The molecule has 5 nitrogen and oxygen atoms in total. The lowest BCUT2D eigenvalue weighted by Crippen LogP contribution is -2.24. The first-order valence-electron chi connectivity index (χ1n) is 7.49. The molecule has 0 unspecified atom stereocenters. The van der Waals surface area contributed by atoms with Crippen LogP contribution < -0.4 is 0 Å². The van der Waals surface area contributed by atoms with Gasteiger partial charge in [-0.3, -0.25) is 4.79 Å². The Morgan fingerprint density at radius 3 is 2.87 bits per heavy atom. The smallest absolute Gasteiger partial charge is 0.267 e. The van der Waals surface area contributed by atoms with Gasteiger partial charge in [-0.2, -0.15) is 4.98 Å². The van der Waals surface area contributed by atoms with Gasteiger partial charge in [0.2, 0.25) is 5.91 Å². The standard InChI is InChI=1S/C17H15N3O2S/c21-15-9-13(11-20(15)10-12-5-2-1-3-6-12)16-18-17(22-19-16)14-7-4-8-23-14/h1-8,13H,9-11H2/t13-/m1/s1. The molecule has 1 aliphatic heterocycles. The second-order valence-corrected chi connectivity index (χ2v) is 6.54. The molecule has 1 amide bonds. The highest BCUT2D eigenvalue weighted by Gasteiger charge is 2.33. The van der Waals surface area contributed by atoms with Crippen molar-refractivity contribution in [2.24, 2.45) is 0 Å². The van der Waals surface area contributed by atoms with Gasteiger partial charge in [0.1, 0.15) is 0 Å². The number of hydrogen-bond donors (Lipinski definition) is 0. The molecule has 1 fully saturated rings. The summed E-state index contributed by atoms with van der Waals surface area (Å²) >= 11 is 1.56. The first kappa shape index (κ1) is 14.1. The van der Waals surface area contributed by atoms with E-state index in [1.165, 1.54) is 0 Å². The van der Waals surface area contributed by atoms with E-state index in [2.05, 4.69) is 10.1 Å². The lowest BCUT2D eigenvalue weighted by atomic mass is 10.1. The summed E-state index contributed by atoms with van der Waals surface area (Å²) < 4.78 is 5.33. The molecule has 0 aliphatic carbocycles. The molecule has 1 saturated heterocycles. The number of likely N-dealkylation sites (tertiary alicyclic amines) is 1. The van der Waals surface area contributed by atoms with Gasteiger partial charge < -0.3 is 9.42 Å². The van der Waals surface area contributed by atoms with Crippen LogP contribution >= 0.6 is 11.3 Å². The normalized spacial score (nSPS) is 17.8. The Bertz CT molecular complexity index is 798. The van der Waals surface area contributed by atoms with Crippen molar-refractivity contribution in [3.05, 3.63) is 59.2 Å². The molecule has 116 valence electrons. The van der Waals surface area contributed by atoms with E-state index in [4.69, 9.17) is 4.52 Å². The molecule has 3 heterocycles. The zero-order valence-electron chi connectivity index (χ0n) is 12.4. The van der Waals surface area contributed by atoms with Gasteiger partial charge in [0, 0.05) is 25.4 Å². The minimum absolute atomic E-state index is 0.00340. The third-order valence-electron chi connectivity index (χ3n) is 3.97. The summed E-state index contributed by atoms with van der Waals surface area (Å²) in [5.41, 5.74) is 1.13. The Labute approximate surface area is 137 Å². The van der Waals surface area contributed by atoms with Crippen LogP contribution in [0.25, 0.3) is 10.8 Å². The number of thiophene rings is 1. The average Bonchev–Trinajstić information content (AvgIpc) is 3.29. The van der Waals surface area contributed by atoms with E-state index in [1.54, 1.807) is 11.3 Å². The van der Waals surface area contributed by atoms with Gasteiger partial charge >= 0.3 is 0 Å². The zero-order chi connectivity index (χ0) is 15.6. The predicted octanol–water partition coefficient (Wildman–Crippen LogP) is 3.31. The summed E-state index contributed by atoms with van der Waals surface area (Å²) in [6, 6.07) is 13.9. The fraction of sp³-hybridized carbons (Fsp3) is 0.235. The van der Waals surface area contributed by atoms with Crippen LogP contribution in [-0.2, 0) is 11.3 Å². The molecule has 1 atom stereocenters. The zero-order valence-corrected chi connectivity index (χ0v) is 13.2. The van der Waals surface area contributed by atoms with Crippen LogP contribution in [0.15, 0.2) is 52.4 Å². The highest BCUT2D eigenvalue weighted by atomic mass is 32.1. The van der Waals surface area contributed by atoms with E-state index in [0.29, 0.717) is 31.2 Å². The van der Waals surface area contributed by atoms with Gasteiger partial charge in [-0.25, -0.2) is 0 Å². The number of rotatable bonds is 4. The van der Waals surface area contributed by atoms with E-state index in [9.17, 15) is 4.79 Å². The molecule has 0 spiro atoms. The number of nitrogens with zero attached hydrogens (tertiary/aromatic N) is 3. The maximum absolute atomic E-state index is 12.2. The number of carbonyl (C=O) groups is 1. The van der Waals surface area contributed by atoms with Crippen LogP contribution in [0.2, 0.25) is 0 Å². The Kier molecular flexibility index (Phi) is 3.67. The van der Waals surface area contributed by atoms with Crippen molar-refractivity contribution in [1.29, 1.82) is 0 Å². The Morgan fingerprint density at radius 1 is 1.22 bits per heavy atom. The SMILES string of the molecule is O=C1C[C@@H](c2noc(-c3cccs3)n2)CN1Cc1ccccc1. The molecule has 6 heteroatoms. The minimum atomic E-state index is 0.00340. The lowest BCUT2D eigenvalue weighted by molar-refractivity contribution is -0.128. The predicted molar refractivity (Wildman–Crippen MR) is 86.8 cm³/mol.